The van der Waals surface area contributed by atoms with Crippen LogP contribution in [0.2, 0.25) is 0 Å². The molecular weight excluding hydrogens is 268 g/mol. The zero-order valence-electron chi connectivity index (χ0n) is 7.86. The summed E-state index contributed by atoms with van der Waals surface area (Å²) in [5.41, 5.74) is 0. The first-order chi connectivity index (χ1) is 6.53. The van der Waals surface area contributed by atoms with Crippen LogP contribution in [0.1, 0.15) is 6.92 Å². The lowest BCUT2D eigenvalue weighted by Crippen LogP contribution is -2.27. The SMILES string of the molecule is CC(CS(=O)(=O)CCS(=O)(=O)O)S(=O)O. The molecule has 0 aromatic rings. The van der Waals surface area contributed by atoms with Crippen molar-refractivity contribution >= 4 is 31.0 Å². The van der Waals surface area contributed by atoms with Crippen molar-refractivity contribution in [3.05, 3.63) is 0 Å². The second-order valence-corrected chi connectivity index (χ2v) is 8.15. The van der Waals surface area contributed by atoms with E-state index < -0.39 is 53.5 Å². The van der Waals surface area contributed by atoms with Crippen LogP contribution >= 0.6 is 0 Å². The van der Waals surface area contributed by atoms with Crippen LogP contribution in [0.4, 0.5) is 0 Å². The van der Waals surface area contributed by atoms with Gasteiger partial charge in [0.05, 0.1) is 22.5 Å². The molecule has 0 rings (SSSR count). The van der Waals surface area contributed by atoms with Gasteiger partial charge in [-0.1, -0.05) is 0 Å². The molecule has 0 saturated carbocycles. The summed E-state index contributed by atoms with van der Waals surface area (Å²) in [4.78, 5) is 0. The highest BCUT2D eigenvalue weighted by Gasteiger charge is 2.21. The predicted molar refractivity (Wildman–Crippen MR) is 55.3 cm³/mol. The molecule has 0 fully saturated rings. The zero-order valence-corrected chi connectivity index (χ0v) is 10.3. The van der Waals surface area contributed by atoms with E-state index in [1.165, 1.54) is 6.92 Å². The van der Waals surface area contributed by atoms with Crippen LogP contribution in [0.25, 0.3) is 0 Å². The Morgan fingerprint density at radius 3 is 2.00 bits per heavy atom. The Hall–Kier alpha value is -0.0300. The maximum Gasteiger partial charge on any atom is 0.265 e. The molecule has 2 N–H and O–H groups in total. The van der Waals surface area contributed by atoms with E-state index in [4.69, 9.17) is 9.11 Å². The van der Waals surface area contributed by atoms with Gasteiger partial charge in [-0.25, -0.2) is 12.6 Å². The van der Waals surface area contributed by atoms with Crippen molar-refractivity contribution < 1.29 is 30.1 Å². The van der Waals surface area contributed by atoms with Crippen molar-refractivity contribution in [1.82, 2.24) is 0 Å². The van der Waals surface area contributed by atoms with Crippen molar-refractivity contribution in [2.75, 3.05) is 17.3 Å². The Labute approximate surface area is 90.8 Å². The maximum absolute atomic E-state index is 11.2. The van der Waals surface area contributed by atoms with Gasteiger partial charge in [-0.3, -0.25) is 4.55 Å². The van der Waals surface area contributed by atoms with Crippen LogP contribution in [-0.4, -0.2) is 52.7 Å². The smallest absolute Gasteiger partial charge is 0.265 e. The lowest BCUT2D eigenvalue weighted by Gasteiger charge is -2.07. The van der Waals surface area contributed by atoms with Gasteiger partial charge in [-0.15, -0.1) is 0 Å². The lowest BCUT2D eigenvalue weighted by molar-refractivity contribution is 0.484. The summed E-state index contributed by atoms with van der Waals surface area (Å²) in [7, 11) is -8.08. The highest BCUT2D eigenvalue weighted by atomic mass is 32.2. The molecule has 0 aromatic carbocycles. The minimum atomic E-state index is -4.33. The largest absolute Gasteiger partial charge is 0.306 e. The monoisotopic (exact) mass is 280 g/mol. The number of sulfone groups is 1. The summed E-state index contributed by atoms with van der Waals surface area (Å²) in [6, 6.07) is 0. The van der Waals surface area contributed by atoms with Crippen molar-refractivity contribution in [2.24, 2.45) is 0 Å². The lowest BCUT2D eigenvalue weighted by atomic mass is 10.6. The molecule has 92 valence electrons. The average molecular weight is 280 g/mol. The molecule has 10 heteroatoms. The van der Waals surface area contributed by atoms with Crippen molar-refractivity contribution in [3.8, 4) is 0 Å². The predicted octanol–water partition coefficient (Wildman–Crippen LogP) is -1.10. The molecule has 7 nitrogen and oxygen atoms in total. The second kappa shape index (κ2) is 5.34. The van der Waals surface area contributed by atoms with E-state index in [0.717, 1.165) is 0 Å². The first kappa shape index (κ1) is 15.0. The molecule has 0 radical (unpaired) electrons. The molecular formula is C5H12O7S3. The van der Waals surface area contributed by atoms with Crippen molar-refractivity contribution in [2.45, 2.75) is 12.2 Å². The van der Waals surface area contributed by atoms with Crippen LogP contribution in [0, 0.1) is 0 Å². The third kappa shape index (κ3) is 7.85. The van der Waals surface area contributed by atoms with E-state index >= 15 is 0 Å². The standard InChI is InChI=1S/C5H12O7S3/c1-5(13(6)7)4-14(8,9)2-3-15(10,11)12/h5H,2-4H2,1H3,(H,6,7)(H,10,11,12). The molecule has 0 aromatic heterocycles. The van der Waals surface area contributed by atoms with E-state index in [2.05, 4.69) is 0 Å². The molecule has 0 amide bonds. The molecule has 0 aliphatic rings. The third-order valence-corrected chi connectivity index (χ3v) is 5.36. The fraction of sp³-hybridized carbons (Fsp3) is 1.00. The zero-order chi connectivity index (χ0) is 12.3. The van der Waals surface area contributed by atoms with E-state index in [1.54, 1.807) is 0 Å². The summed E-state index contributed by atoms with van der Waals surface area (Å²) in [5, 5.41) is -0.989. The van der Waals surface area contributed by atoms with Crippen LogP contribution in [0.15, 0.2) is 0 Å². The van der Waals surface area contributed by atoms with Gasteiger partial charge >= 0.3 is 0 Å². The Kier molecular flexibility index (Phi) is 5.33. The number of hydrogen-bond donors (Lipinski definition) is 2. The van der Waals surface area contributed by atoms with Crippen molar-refractivity contribution in [3.63, 3.8) is 0 Å². The van der Waals surface area contributed by atoms with Gasteiger partial charge in [0.1, 0.15) is 0 Å². The molecule has 2 atom stereocenters. The molecule has 0 aliphatic heterocycles. The maximum atomic E-state index is 11.2. The second-order valence-electron chi connectivity index (χ2n) is 2.99. The van der Waals surface area contributed by atoms with E-state index in [1.807, 2.05) is 0 Å². The molecule has 0 spiro atoms. The van der Waals surface area contributed by atoms with Gasteiger partial charge in [-0.2, -0.15) is 8.42 Å². The molecule has 0 heterocycles. The fourth-order valence-electron chi connectivity index (χ4n) is 0.731. The van der Waals surface area contributed by atoms with Crippen LogP contribution in [0.3, 0.4) is 0 Å². The first-order valence-corrected chi connectivity index (χ1v) is 8.39. The van der Waals surface area contributed by atoms with Crippen LogP contribution in [0.5, 0.6) is 0 Å². The van der Waals surface area contributed by atoms with Crippen molar-refractivity contribution in [1.29, 1.82) is 0 Å². The average Bonchev–Trinajstić information content (AvgIpc) is 1.99. The molecule has 0 saturated heterocycles. The molecule has 0 bridgehead atoms. The highest BCUT2D eigenvalue weighted by molar-refractivity contribution is 7.94. The fourth-order valence-corrected chi connectivity index (χ4v) is 4.56. The summed E-state index contributed by atoms with van der Waals surface area (Å²) in [6.07, 6.45) is 0. The van der Waals surface area contributed by atoms with E-state index in [-0.39, 0.29) is 0 Å². The van der Waals surface area contributed by atoms with Gasteiger partial charge in [-0.05, 0) is 6.92 Å². The topological polar surface area (TPSA) is 126 Å². The highest BCUT2D eigenvalue weighted by Crippen LogP contribution is 2.01. The third-order valence-electron chi connectivity index (χ3n) is 1.49. The normalized spacial score (nSPS) is 17.3. The van der Waals surface area contributed by atoms with Gasteiger partial charge in [0, 0.05) is 0 Å². The number of rotatable bonds is 6. The first-order valence-electron chi connectivity index (χ1n) is 3.79. The summed E-state index contributed by atoms with van der Waals surface area (Å²) in [6.45, 7) is 1.25. The quantitative estimate of drug-likeness (QED) is 0.467. The Morgan fingerprint density at radius 2 is 1.67 bits per heavy atom. The summed E-state index contributed by atoms with van der Waals surface area (Å²) in [5.74, 6) is -2.25. The Bertz CT molecular complexity index is 420. The van der Waals surface area contributed by atoms with Gasteiger partial charge < -0.3 is 4.55 Å². The van der Waals surface area contributed by atoms with Gasteiger partial charge in [0.15, 0.2) is 20.9 Å². The van der Waals surface area contributed by atoms with E-state index in [9.17, 15) is 21.0 Å². The molecule has 15 heavy (non-hydrogen) atoms. The Balaban J connectivity index is 4.40. The molecule has 0 aliphatic carbocycles. The Morgan fingerprint density at radius 1 is 1.20 bits per heavy atom. The summed E-state index contributed by atoms with van der Waals surface area (Å²) < 4.78 is 70.2. The number of hydrogen-bond acceptors (Lipinski definition) is 5. The van der Waals surface area contributed by atoms with Crippen LogP contribution in [-0.2, 0) is 31.0 Å². The minimum absolute atomic E-state index is 0.592. The van der Waals surface area contributed by atoms with Gasteiger partial charge in [0.25, 0.3) is 10.1 Å². The molecule has 2 unspecified atom stereocenters. The summed E-state index contributed by atoms with van der Waals surface area (Å²) >= 11 is -2.27. The van der Waals surface area contributed by atoms with Gasteiger partial charge in [0.2, 0.25) is 0 Å². The van der Waals surface area contributed by atoms with E-state index in [0.29, 0.717) is 0 Å². The minimum Gasteiger partial charge on any atom is -0.306 e. The van der Waals surface area contributed by atoms with Crippen LogP contribution < -0.4 is 0 Å².